The number of benzene rings is 1. The van der Waals surface area contributed by atoms with Gasteiger partial charge in [-0.25, -0.2) is 0 Å². The number of carbonyl (C=O) groups excluding carboxylic acids is 1. The molecule has 1 aromatic carbocycles. The van der Waals surface area contributed by atoms with Crippen molar-refractivity contribution in [2.45, 2.75) is 64.0 Å². The highest BCUT2D eigenvalue weighted by Gasteiger charge is 2.14. The number of hydrogen-bond acceptors (Lipinski definition) is 4. The Bertz CT molecular complexity index is 510. The van der Waals surface area contributed by atoms with Crippen molar-refractivity contribution in [1.29, 1.82) is 0 Å². The second kappa shape index (κ2) is 10.2. The van der Waals surface area contributed by atoms with Gasteiger partial charge in [-0.2, -0.15) is 0 Å². The lowest BCUT2D eigenvalue weighted by Gasteiger charge is -2.16. The fourth-order valence-electron chi connectivity index (χ4n) is 3.09. The monoisotopic (exact) mass is 335 g/mol. The molecule has 0 radical (unpaired) electrons. The number of methoxy groups -OCH3 is 1. The van der Waals surface area contributed by atoms with Gasteiger partial charge in [-0.15, -0.1) is 0 Å². The van der Waals surface area contributed by atoms with Gasteiger partial charge in [-0.3, -0.25) is 4.79 Å². The van der Waals surface area contributed by atoms with Gasteiger partial charge in [0.2, 0.25) is 5.91 Å². The van der Waals surface area contributed by atoms with Crippen LogP contribution in [0.1, 0.15) is 56.9 Å². The van der Waals surface area contributed by atoms with E-state index in [0.29, 0.717) is 37.0 Å². The van der Waals surface area contributed by atoms with E-state index in [0.717, 1.165) is 18.4 Å². The number of amides is 1. The first-order chi connectivity index (χ1) is 11.7. The molecule has 134 valence electrons. The summed E-state index contributed by atoms with van der Waals surface area (Å²) in [6.07, 6.45) is 8.42. The third-order valence-corrected chi connectivity index (χ3v) is 4.47. The number of rotatable bonds is 8. The Morgan fingerprint density at radius 1 is 1.25 bits per heavy atom. The highest BCUT2D eigenvalue weighted by Crippen LogP contribution is 2.24. The molecule has 1 fully saturated rings. The molecule has 0 heterocycles. The first kappa shape index (κ1) is 18.6. The van der Waals surface area contributed by atoms with Crippen molar-refractivity contribution < 1.29 is 19.4 Å². The maximum atomic E-state index is 12.0. The maximum Gasteiger partial charge on any atom is 0.220 e. The summed E-state index contributed by atoms with van der Waals surface area (Å²) in [6, 6.07) is 5.71. The van der Waals surface area contributed by atoms with Crippen LogP contribution in [0.4, 0.5) is 0 Å². The van der Waals surface area contributed by atoms with E-state index in [4.69, 9.17) is 9.47 Å². The van der Waals surface area contributed by atoms with Crippen LogP contribution >= 0.6 is 0 Å². The average molecular weight is 335 g/mol. The van der Waals surface area contributed by atoms with Gasteiger partial charge >= 0.3 is 0 Å². The van der Waals surface area contributed by atoms with E-state index in [1.54, 1.807) is 25.3 Å². The minimum atomic E-state index is -0.0647. The molecule has 2 N–H and O–H groups in total. The number of ether oxygens (including phenoxy) is 2. The SMILES string of the molecule is COc1cc(OCCCC(=O)NC2CCCCCC2)ccc1CO. The molecule has 0 aromatic heterocycles. The Balaban J connectivity index is 1.67. The third kappa shape index (κ3) is 6.04. The molecule has 1 saturated carbocycles. The predicted octanol–water partition coefficient (Wildman–Crippen LogP) is 3.19. The molecule has 5 nitrogen and oxygen atoms in total. The van der Waals surface area contributed by atoms with Crippen LogP contribution < -0.4 is 14.8 Å². The average Bonchev–Trinajstić information content (AvgIpc) is 2.87. The van der Waals surface area contributed by atoms with Crippen LogP contribution in [0.5, 0.6) is 11.5 Å². The Morgan fingerprint density at radius 3 is 2.67 bits per heavy atom. The van der Waals surface area contributed by atoms with Gasteiger partial charge in [0, 0.05) is 24.1 Å². The molecule has 1 aliphatic carbocycles. The van der Waals surface area contributed by atoms with Crippen LogP contribution in [0.15, 0.2) is 18.2 Å². The van der Waals surface area contributed by atoms with Crippen LogP contribution in [0.3, 0.4) is 0 Å². The van der Waals surface area contributed by atoms with Crippen molar-refractivity contribution in [1.82, 2.24) is 5.32 Å². The summed E-state index contributed by atoms with van der Waals surface area (Å²) < 4.78 is 10.9. The normalized spacial score (nSPS) is 15.6. The minimum absolute atomic E-state index is 0.0647. The molecule has 1 aromatic rings. The molecule has 5 heteroatoms. The molecular weight excluding hydrogens is 306 g/mol. The molecule has 1 aliphatic rings. The first-order valence-electron chi connectivity index (χ1n) is 8.93. The van der Waals surface area contributed by atoms with Crippen molar-refractivity contribution >= 4 is 5.91 Å². The van der Waals surface area contributed by atoms with Crippen molar-refractivity contribution in [2.75, 3.05) is 13.7 Å². The van der Waals surface area contributed by atoms with E-state index in [2.05, 4.69) is 5.32 Å². The van der Waals surface area contributed by atoms with E-state index >= 15 is 0 Å². The summed E-state index contributed by atoms with van der Waals surface area (Å²) in [5, 5.41) is 12.4. The lowest BCUT2D eigenvalue weighted by atomic mass is 10.1. The molecule has 0 atom stereocenters. The van der Waals surface area contributed by atoms with Gasteiger partial charge in [0.15, 0.2) is 0 Å². The number of aliphatic hydroxyl groups is 1. The number of nitrogens with one attached hydrogen (secondary N) is 1. The highest BCUT2D eigenvalue weighted by atomic mass is 16.5. The lowest BCUT2D eigenvalue weighted by Crippen LogP contribution is -2.34. The quantitative estimate of drug-likeness (QED) is 0.565. The zero-order valence-corrected chi connectivity index (χ0v) is 14.6. The maximum absolute atomic E-state index is 12.0. The number of hydrogen-bond donors (Lipinski definition) is 2. The fourth-order valence-corrected chi connectivity index (χ4v) is 3.09. The lowest BCUT2D eigenvalue weighted by molar-refractivity contribution is -0.122. The van der Waals surface area contributed by atoms with Crippen molar-refractivity contribution in [2.24, 2.45) is 0 Å². The molecule has 0 bridgehead atoms. The molecule has 24 heavy (non-hydrogen) atoms. The molecule has 0 unspecified atom stereocenters. The predicted molar refractivity (Wildman–Crippen MR) is 93.3 cm³/mol. The molecule has 0 spiro atoms. The van der Waals surface area contributed by atoms with Crippen molar-refractivity contribution in [3.8, 4) is 11.5 Å². The molecule has 1 amide bonds. The largest absolute Gasteiger partial charge is 0.496 e. The minimum Gasteiger partial charge on any atom is -0.496 e. The number of aliphatic hydroxyl groups excluding tert-OH is 1. The van der Waals surface area contributed by atoms with E-state index in [1.807, 2.05) is 0 Å². The van der Waals surface area contributed by atoms with Gasteiger partial charge < -0.3 is 19.9 Å². The molecule has 0 saturated heterocycles. The molecule has 2 rings (SSSR count). The summed E-state index contributed by atoms with van der Waals surface area (Å²) in [5.74, 6) is 1.42. The zero-order valence-electron chi connectivity index (χ0n) is 14.6. The standard InChI is InChI=1S/C19H29NO4/c1-23-18-13-17(11-10-15(18)14-21)24-12-6-9-19(22)20-16-7-4-2-3-5-8-16/h10-11,13,16,21H,2-9,12,14H2,1H3,(H,20,22). The van der Waals surface area contributed by atoms with Crippen molar-refractivity contribution in [3.63, 3.8) is 0 Å². The van der Waals surface area contributed by atoms with Gasteiger partial charge in [0.1, 0.15) is 11.5 Å². The smallest absolute Gasteiger partial charge is 0.220 e. The van der Waals surface area contributed by atoms with Crippen LogP contribution in [-0.2, 0) is 11.4 Å². The van der Waals surface area contributed by atoms with Crippen LogP contribution in [0.25, 0.3) is 0 Å². The summed E-state index contributed by atoms with van der Waals surface area (Å²) >= 11 is 0. The molecular formula is C19H29NO4. The van der Waals surface area contributed by atoms with Crippen LogP contribution in [0.2, 0.25) is 0 Å². The van der Waals surface area contributed by atoms with Crippen LogP contribution in [-0.4, -0.2) is 30.8 Å². The van der Waals surface area contributed by atoms with Gasteiger partial charge in [-0.05, 0) is 31.4 Å². The Morgan fingerprint density at radius 2 is 2.00 bits per heavy atom. The topological polar surface area (TPSA) is 67.8 Å². The highest BCUT2D eigenvalue weighted by molar-refractivity contribution is 5.76. The van der Waals surface area contributed by atoms with Crippen molar-refractivity contribution in [3.05, 3.63) is 23.8 Å². The van der Waals surface area contributed by atoms with E-state index in [9.17, 15) is 9.90 Å². The third-order valence-electron chi connectivity index (χ3n) is 4.47. The van der Waals surface area contributed by atoms with Gasteiger partial charge in [-0.1, -0.05) is 25.7 Å². The fraction of sp³-hybridized carbons (Fsp3) is 0.632. The Labute approximate surface area is 144 Å². The summed E-state index contributed by atoms with van der Waals surface area (Å²) in [4.78, 5) is 12.0. The first-order valence-corrected chi connectivity index (χ1v) is 8.93. The van der Waals surface area contributed by atoms with Gasteiger partial charge in [0.05, 0.1) is 20.3 Å². The summed E-state index contributed by atoms with van der Waals surface area (Å²) in [7, 11) is 1.57. The van der Waals surface area contributed by atoms with E-state index < -0.39 is 0 Å². The van der Waals surface area contributed by atoms with Gasteiger partial charge in [0.25, 0.3) is 0 Å². The Kier molecular flexibility index (Phi) is 7.89. The Hall–Kier alpha value is -1.75. The number of carbonyl (C=O) groups is 1. The van der Waals surface area contributed by atoms with E-state index in [-0.39, 0.29) is 12.5 Å². The zero-order chi connectivity index (χ0) is 17.2. The second-order valence-electron chi connectivity index (χ2n) is 6.34. The second-order valence-corrected chi connectivity index (χ2v) is 6.34. The van der Waals surface area contributed by atoms with E-state index in [1.165, 1.54) is 25.7 Å². The summed E-state index contributed by atoms with van der Waals surface area (Å²) in [5.41, 5.74) is 0.729. The molecule has 0 aliphatic heterocycles. The van der Waals surface area contributed by atoms with Crippen LogP contribution in [0, 0.1) is 0 Å². The summed E-state index contributed by atoms with van der Waals surface area (Å²) in [6.45, 7) is 0.421.